The molecule has 3 aromatic rings. The highest BCUT2D eigenvalue weighted by atomic mass is 35.5. The zero-order valence-corrected chi connectivity index (χ0v) is 18.1. The molecule has 1 fully saturated rings. The zero-order chi connectivity index (χ0) is 23.4. The molecule has 0 bridgehead atoms. The Balaban J connectivity index is 1.28. The van der Waals surface area contributed by atoms with E-state index in [9.17, 15) is 18.0 Å². The van der Waals surface area contributed by atoms with E-state index >= 15 is 0 Å². The molecule has 174 valence electrons. The van der Waals surface area contributed by atoms with Crippen molar-refractivity contribution in [3.8, 4) is 17.1 Å². The van der Waals surface area contributed by atoms with E-state index in [1.54, 1.807) is 29.2 Å². The quantitative estimate of drug-likeness (QED) is 0.528. The number of halogens is 4. The molecule has 1 aromatic heterocycles. The third-order valence-electron chi connectivity index (χ3n) is 5.19. The maximum absolute atomic E-state index is 12.9. The number of nitrogens with zero attached hydrogens (tertiary/aromatic N) is 4. The van der Waals surface area contributed by atoms with Crippen molar-refractivity contribution in [2.24, 2.45) is 0 Å². The molecule has 1 aliphatic rings. The van der Waals surface area contributed by atoms with Gasteiger partial charge in [-0.05, 0) is 24.3 Å². The number of benzene rings is 2. The summed E-state index contributed by atoms with van der Waals surface area (Å²) in [7, 11) is 0. The number of hydrogen-bond donors (Lipinski definition) is 0. The van der Waals surface area contributed by atoms with Crippen molar-refractivity contribution < 1.29 is 27.2 Å². The number of aromatic nitrogens is 2. The van der Waals surface area contributed by atoms with Crippen molar-refractivity contribution in [1.29, 1.82) is 0 Å². The Morgan fingerprint density at radius 3 is 2.58 bits per heavy atom. The first kappa shape index (κ1) is 23.1. The fourth-order valence-electron chi connectivity index (χ4n) is 3.41. The SMILES string of the molecule is O=C(COc1ccccc1Cl)N1CCN(Cc2nc(-c3cccc(C(F)(F)F)c3)no2)CC1. The highest BCUT2D eigenvalue weighted by Crippen LogP contribution is 2.31. The normalized spacial score (nSPS) is 15.0. The van der Waals surface area contributed by atoms with Gasteiger partial charge in [-0.25, -0.2) is 0 Å². The Morgan fingerprint density at radius 2 is 1.85 bits per heavy atom. The summed E-state index contributed by atoms with van der Waals surface area (Å²) in [6.45, 7) is 2.40. The number of hydrogen-bond acceptors (Lipinski definition) is 6. The fraction of sp³-hybridized carbons (Fsp3) is 0.318. The first-order chi connectivity index (χ1) is 15.8. The van der Waals surface area contributed by atoms with Crippen LogP contribution in [-0.4, -0.2) is 58.6 Å². The Morgan fingerprint density at radius 1 is 1.09 bits per heavy atom. The summed E-state index contributed by atoms with van der Waals surface area (Å²) in [4.78, 5) is 20.4. The summed E-state index contributed by atoms with van der Waals surface area (Å²) in [5, 5.41) is 4.25. The second-order valence-electron chi connectivity index (χ2n) is 7.47. The summed E-state index contributed by atoms with van der Waals surface area (Å²) in [6.07, 6.45) is -4.45. The van der Waals surface area contributed by atoms with E-state index < -0.39 is 11.7 Å². The molecule has 7 nitrogen and oxygen atoms in total. The van der Waals surface area contributed by atoms with Crippen LogP contribution >= 0.6 is 11.6 Å². The maximum atomic E-state index is 12.9. The molecular weight excluding hydrogens is 461 g/mol. The molecule has 0 aliphatic carbocycles. The molecule has 4 rings (SSSR count). The van der Waals surface area contributed by atoms with Gasteiger partial charge in [0.15, 0.2) is 6.61 Å². The van der Waals surface area contributed by atoms with Crippen molar-refractivity contribution in [2.45, 2.75) is 12.7 Å². The first-order valence-corrected chi connectivity index (χ1v) is 10.5. The Kier molecular flexibility index (Phi) is 6.85. The predicted molar refractivity (Wildman–Crippen MR) is 114 cm³/mol. The van der Waals surface area contributed by atoms with Crippen LogP contribution in [-0.2, 0) is 17.5 Å². The standard InChI is InChI=1S/C22H20ClF3N4O3/c23-17-6-1-2-7-18(17)32-14-20(31)30-10-8-29(9-11-30)13-19-27-21(28-33-19)15-4-3-5-16(12-15)22(24,25)26/h1-7,12H,8-11,13-14H2. The van der Waals surface area contributed by atoms with Gasteiger partial charge in [0.2, 0.25) is 11.7 Å². The zero-order valence-electron chi connectivity index (χ0n) is 17.4. The molecule has 0 spiro atoms. The van der Waals surface area contributed by atoms with Crippen molar-refractivity contribution in [1.82, 2.24) is 19.9 Å². The van der Waals surface area contributed by atoms with Gasteiger partial charge in [-0.1, -0.05) is 41.0 Å². The van der Waals surface area contributed by atoms with Crippen LogP contribution in [0.15, 0.2) is 53.1 Å². The van der Waals surface area contributed by atoms with Crippen LogP contribution in [0.2, 0.25) is 5.02 Å². The van der Waals surface area contributed by atoms with Gasteiger partial charge in [-0.3, -0.25) is 9.69 Å². The van der Waals surface area contributed by atoms with Crippen molar-refractivity contribution >= 4 is 17.5 Å². The van der Waals surface area contributed by atoms with Crippen LogP contribution in [0.5, 0.6) is 5.75 Å². The molecule has 0 radical (unpaired) electrons. The first-order valence-electron chi connectivity index (χ1n) is 10.2. The van der Waals surface area contributed by atoms with Gasteiger partial charge in [0.1, 0.15) is 5.75 Å². The number of amides is 1. The molecule has 0 unspecified atom stereocenters. The van der Waals surface area contributed by atoms with Crippen LogP contribution in [0, 0.1) is 0 Å². The van der Waals surface area contributed by atoms with Crippen LogP contribution in [0.4, 0.5) is 13.2 Å². The molecular formula is C22H20ClF3N4O3. The lowest BCUT2D eigenvalue weighted by molar-refractivity contribution is -0.137. The van der Waals surface area contributed by atoms with Crippen molar-refractivity contribution in [2.75, 3.05) is 32.8 Å². The van der Waals surface area contributed by atoms with E-state index in [4.69, 9.17) is 20.9 Å². The van der Waals surface area contributed by atoms with E-state index in [2.05, 4.69) is 10.1 Å². The fourth-order valence-corrected chi connectivity index (χ4v) is 3.60. The summed E-state index contributed by atoms with van der Waals surface area (Å²) < 4.78 is 49.5. The lowest BCUT2D eigenvalue weighted by Crippen LogP contribution is -2.49. The molecule has 11 heteroatoms. The van der Waals surface area contributed by atoms with Gasteiger partial charge in [0.25, 0.3) is 5.91 Å². The molecule has 0 atom stereocenters. The van der Waals surface area contributed by atoms with Crippen LogP contribution < -0.4 is 4.74 Å². The third-order valence-corrected chi connectivity index (χ3v) is 5.50. The average molecular weight is 481 g/mol. The molecule has 1 saturated heterocycles. The summed E-state index contributed by atoms with van der Waals surface area (Å²) in [6, 6.07) is 11.7. The number of piperazine rings is 1. The van der Waals surface area contributed by atoms with E-state index in [0.29, 0.717) is 49.4 Å². The highest BCUT2D eigenvalue weighted by Gasteiger charge is 2.31. The Labute approximate surface area is 192 Å². The Bertz CT molecular complexity index is 1110. The minimum atomic E-state index is -4.45. The molecule has 1 aliphatic heterocycles. The third kappa shape index (κ3) is 5.82. The van der Waals surface area contributed by atoms with Gasteiger partial charge < -0.3 is 14.2 Å². The van der Waals surface area contributed by atoms with Gasteiger partial charge in [0, 0.05) is 31.7 Å². The minimum Gasteiger partial charge on any atom is -0.482 e. The van der Waals surface area contributed by atoms with Crippen molar-refractivity contribution in [3.63, 3.8) is 0 Å². The largest absolute Gasteiger partial charge is 0.482 e. The lowest BCUT2D eigenvalue weighted by Gasteiger charge is -2.33. The molecule has 2 heterocycles. The van der Waals surface area contributed by atoms with E-state index in [0.717, 1.165) is 12.1 Å². The second-order valence-corrected chi connectivity index (χ2v) is 7.87. The molecule has 0 N–H and O–H groups in total. The number of ether oxygens (including phenoxy) is 1. The van der Waals surface area contributed by atoms with Gasteiger partial charge in [-0.2, -0.15) is 18.2 Å². The van der Waals surface area contributed by atoms with Gasteiger partial charge >= 0.3 is 6.18 Å². The monoisotopic (exact) mass is 480 g/mol. The summed E-state index contributed by atoms with van der Waals surface area (Å²) >= 11 is 6.03. The number of carbonyl (C=O) groups is 1. The number of alkyl halides is 3. The van der Waals surface area contributed by atoms with Crippen LogP contribution in [0.1, 0.15) is 11.5 Å². The molecule has 1 amide bonds. The van der Waals surface area contributed by atoms with Gasteiger partial charge in [-0.15, -0.1) is 0 Å². The summed E-state index contributed by atoms with van der Waals surface area (Å²) in [5.74, 6) is 0.712. The van der Waals surface area contributed by atoms with Gasteiger partial charge in [0.05, 0.1) is 17.1 Å². The smallest absolute Gasteiger partial charge is 0.416 e. The van der Waals surface area contributed by atoms with Crippen LogP contribution in [0.25, 0.3) is 11.4 Å². The number of para-hydroxylation sites is 1. The van der Waals surface area contributed by atoms with E-state index in [-0.39, 0.29) is 23.9 Å². The molecule has 33 heavy (non-hydrogen) atoms. The lowest BCUT2D eigenvalue weighted by atomic mass is 10.1. The predicted octanol–water partition coefficient (Wildman–Crippen LogP) is 4.13. The summed E-state index contributed by atoms with van der Waals surface area (Å²) in [5.41, 5.74) is -0.542. The maximum Gasteiger partial charge on any atom is 0.416 e. The molecule has 0 saturated carbocycles. The van der Waals surface area contributed by atoms with Crippen LogP contribution in [0.3, 0.4) is 0 Å². The minimum absolute atomic E-state index is 0.0987. The topological polar surface area (TPSA) is 71.7 Å². The van der Waals surface area contributed by atoms with E-state index in [1.807, 2.05) is 4.90 Å². The number of carbonyl (C=O) groups excluding carboxylic acids is 1. The molecule has 2 aromatic carbocycles. The average Bonchev–Trinajstić information content (AvgIpc) is 3.27. The highest BCUT2D eigenvalue weighted by molar-refractivity contribution is 6.32. The Hall–Kier alpha value is -3.11. The van der Waals surface area contributed by atoms with Crippen molar-refractivity contribution in [3.05, 3.63) is 65.0 Å². The van der Waals surface area contributed by atoms with E-state index in [1.165, 1.54) is 12.1 Å². The number of rotatable bonds is 6. The second kappa shape index (κ2) is 9.80.